The third kappa shape index (κ3) is 3.62. The van der Waals surface area contributed by atoms with Crippen LogP contribution in [0.3, 0.4) is 0 Å². The summed E-state index contributed by atoms with van der Waals surface area (Å²) < 4.78 is 18.8. The van der Waals surface area contributed by atoms with Crippen LogP contribution in [0.1, 0.15) is 28.8 Å². The number of nitrogens with zero attached hydrogens (tertiary/aromatic N) is 5. The summed E-state index contributed by atoms with van der Waals surface area (Å²) in [5, 5.41) is 12.5. The van der Waals surface area contributed by atoms with Crippen molar-refractivity contribution in [2.24, 2.45) is 0 Å². The molecule has 0 spiro atoms. The van der Waals surface area contributed by atoms with Crippen molar-refractivity contribution in [2.45, 2.75) is 32.8 Å². The van der Waals surface area contributed by atoms with Crippen LogP contribution < -0.4 is 4.74 Å². The zero-order valence-corrected chi connectivity index (χ0v) is 15.9. The van der Waals surface area contributed by atoms with Gasteiger partial charge in [-0.05, 0) is 24.6 Å². The van der Waals surface area contributed by atoms with E-state index in [0.717, 1.165) is 17.0 Å². The van der Waals surface area contributed by atoms with Crippen molar-refractivity contribution in [3.63, 3.8) is 0 Å². The molecule has 4 aromatic rings. The van der Waals surface area contributed by atoms with Gasteiger partial charge in [-0.25, -0.2) is 4.68 Å². The molecule has 2 aromatic heterocycles. The summed E-state index contributed by atoms with van der Waals surface area (Å²) >= 11 is 0. The SMILES string of the molecule is Cc1ccc([C@H]2Cn3nnc(-c4noc(COc5ccccc5)n4)c3CO2)cc1. The first-order valence-electron chi connectivity index (χ1n) is 9.37. The molecule has 0 aliphatic carbocycles. The summed E-state index contributed by atoms with van der Waals surface area (Å²) in [5.74, 6) is 1.50. The first-order valence-corrected chi connectivity index (χ1v) is 9.37. The van der Waals surface area contributed by atoms with Crippen molar-refractivity contribution >= 4 is 0 Å². The number of hydrogen-bond acceptors (Lipinski definition) is 7. The number of para-hydroxylation sites is 1. The lowest BCUT2D eigenvalue weighted by atomic mass is 10.1. The maximum Gasteiger partial charge on any atom is 0.264 e. The fourth-order valence-corrected chi connectivity index (χ4v) is 3.24. The highest BCUT2D eigenvalue weighted by Crippen LogP contribution is 2.30. The summed E-state index contributed by atoms with van der Waals surface area (Å²) in [4.78, 5) is 4.39. The second-order valence-electron chi connectivity index (χ2n) is 6.89. The summed E-state index contributed by atoms with van der Waals surface area (Å²) in [6.07, 6.45) is -0.0576. The van der Waals surface area contributed by atoms with Crippen LogP contribution in [0.2, 0.25) is 0 Å². The Kier molecular flexibility index (Phi) is 4.53. The minimum Gasteiger partial charge on any atom is -0.484 e. The van der Waals surface area contributed by atoms with E-state index in [2.05, 4.69) is 51.6 Å². The van der Waals surface area contributed by atoms with Crippen molar-refractivity contribution < 1.29 is 14.0 Å². The van der Waals surface area contributed by atoms with Gasteiger partial charge in [-0.3, -0.25) is 0 Å². The molecule has 0 unspecified atom stereocenters. The molecule has 146 valence electrons. The molecule has 0 saturated heterocycles. The van der Waals surface area contributed by atoms with E-state index in [9.17, 15) is 0 Å². The summed E-state index contributed by atoms with van der Waals surface area (Å²) in [5.41, 5.74) is 3.75. The highest BCUT2D eigenvalue weighted by atomic mass is 16.5. The van der Waals surface area contributed by atoms with E-state index in [4.69, 9.17) is 14.0 Å². The van der Waals surface area contributed by atoms with Crippen LogP contribution in [0.25, 0.3) is 11.5 Å². The Morgan fingerprint density at radius 2 is 1.93 bits per heavy atom. The van der Waals surface area contributed by atoms with E-state index in [1.807, 2.05) is 35.0 Å². The van der Waals surface area contributed by atoms with E-state index in [-0.39, 0.29) is 12.7 Å². The molecule has 0 fully saturated rings. The molecule has 1 aliphatic heterocycles. The van der Waals surface area contributed by atoms with Gasteiger partial charge in [0.15, 0.2) is 12.3 Å². The van der Waals surface area contributed by atoms with Gasteiger partial charge in [-0.2, -0.15) is 4.98 Å². The normalized spacial score (nSPS) is 15.8. The van der Waals surface area contributed by atoms with Gasteiger partial charge in [0.05, 0.1) is 18.8 Å². The van der Waals surface area contributed by atoms with Crippen LogP contribution in [0.15, 0.2) is 59.1 Å². The molecule has 3 heterocycles. The number of benzene rings is 2. The Balaban J connectivity index is 1.30. The van der Waals surface area contributed by atoms with Crippen LogP contribution in [0.4, 0.5) is 0 Å². The van der Waals surface area contributed by atoms with Crippen LogP contribution in [0, 0.1) is 6.92 Å². The standard InChI is InChI=1S/C21H19N5O3/c1-14-7-9-15(10-8-14)18-11-26-17(12-28-18)20(23-25-26)21-22-19(29-24-21)13-27-16-5-3-2-4-6-16/h2-10,18H,11-13H2,1H3/t18-/m1/s1. The van der Waals surface area contributed by atoms with Crippen LogP contribution in [-0.2, 0) is 24.5 Å². The predicted octanol–water partition coefficient (Wildman–Crippen LogP) is 3.49. The smallest absolute Gasteiger partial charge is 0.264 e. The lowest BCUT2D eigenvalue weighted by molar-refractivity contribution is -0.00112. The average Bonchev–Trinajstić information content (AvgIpc) is 3.40. The van der Waals surface area contributed by atoms with Gasteiger partial charge in [0, 0.05) is 0 Å². The van der Waals surface area contributed by atoms with Crippen molar-refractivity contribution in [2.75, 3.05) is 0 Å². The lowest BCUT2D eigenvalue weighted by Crippen LogP contribution is -2.22. The number of aryl methyl sites for hydroxylation is 1. The molecule has 8 nitrogen and oxygen atoms in total. The average molecular weight is 389 g/mol. The predicted molar refractivity (Wildman–Crippen MR) is 103 cm³/mol. The molecular weight excluding hydrogens is 370 g/mol. The minimum absolute atomic E-state index is 0.0576. The first kappa shape index (κ1) is 17.6. The molecule has 5 rings (SSSR count). The number of hydrogen-bond donors (Lipinski definition) is 0. The molecule has 0 N–H and O–H groups in total. The Hall–Kier alpha value is -3.52. The Morgan fingerprint density at radius 3 is 2.76 bits per heavy atom. The molecule has 0 saturated carbocycles. The summed E-state index contributed by atoms with van der Waals surface area (Å²) in [6, 6.07) is 17.8. The van der Waals surface area contributed by atoms with Crippen LogP contribution in [-0.4, -0.2) is 25.1 Å². The second-order valence-corrected chi connectivity index (χ2v) is 6.89. The van der Waals surface area contributed by atoms with E-state index in [0.29, 0.717) is 30.6 Å². The van der Waals surface area contributed by atoms with E-state index in [1.165, 1.54) is 5.56 Å². The van der Waals surface area contributed by atoms with Crippen molar-refractivity contribution in [3.05, 3.63) is 77.3 Å². The second kappa shape index (κ2) is 7.48. The number of aromatic nitrogens is 5. The van der Waals surface area contributed by atoms with E-state index >= 15 is 0 Å². The number of fused-ring (bicyclic) bond motifs is 1. The highest BCUT2D eigenvalue weighted by molar-refractivity contribution is 5.51. The molecule has 1 aliphatic rings. The number of rotatable bonds is 5. The third-order valence-electron chi connectivity index (χ3n) is 4.83. The van der Waals surface area contributed by atoms with E-state index in [1.54, 1.807) is 0 Å². The zero-order chi connectivity index (χ0) is 19.6. The third-order valence-corrected chi connectivity index (χ3v) is 4.83. The van der Waals surface area contributed by atoms with Gasteiger partial charge in [0.25, 0.3) is 5.89 Å². The first-order chi connectivity index (χ1) is 14.3. The van der Waals surface area contributed by atoms with Crippen molar-refractivity contribution in [1.29, 1.82) is 0 Å². The van der Waals surface area contributed by atoms with Crippen molar-refractivity contribution in [1.82, 2.24) is 25.1 Å². The largest absolute Gasteiger partial charge is 0.484 e. The molecule has 0 bridgehead atoms. The maximum absolute atomic E-state index is 6.05. The Morgan fingerprint density at radius 1 is 1.10 bits per heavy atom. The molecule has 0 radical (unpaired) electrons. The van der Waals surface area contributed by atoms with Gasteiger partial charge in [0.2, 0.25) is 5.82 Å². The zero-order valence-electron chi connectivity index (χ0n) is 15.9. The number of ether oxygens (including phenoxy) is 2. The molecule has 29 heavy (non-hydrogen) atoms. The quantitative estimate of drug-likeness (QED) is 0.516. The van der Waals surface area contributed by atoms with Gasteiger partial charge >= 0.3 is 0 Å². The maximum atomic E-state index is 6.05. The molecule has 0 amide bonds. The summed E-state index contributed by atoms with van der Waals surface area (Å²) in [7, 11) is 0. The summed E-state index contributed by atoms with van der Waals surface area (Å²) in [6.45, 7) is 3.22. The monoisotopic (exact) mass is 389 g/mol. The fraction of sp³-hybridized carbons (Fsp3) is 0.238. The topological polar surface area (TPSA) is 88.1 Å². The molecule has 1 atom stereocenters. The molecular formula is C21H19N5O3. The van der Waals surface area contributed by atoms with Gasteiger partial charge in [-0.15, -0.1) is 5.10 Å². The van der Waals surface area contributed by atoms with Gasteiger partial charge in [-0.1, -0.05) is 58.4 Å². The minimum atomic E-state index is -0.0576. The highest BCUT2D eigenvalue weighted by Gasteiger charge is 2.27. The van der Waals surface area contributed by atoms with Crippen LogP contribution in [0.5, 0.6) is 5.75 Å². The Labute approximate surface area is 167 Å². The molecule has 8 heteroatoms. The Bertz CT molecular complexity index is 1110. The fourth-order valence-electron chi connectivity index (χ4n) is 3.24. The molecule has 2 aromatic carbocycles. The van der Waals surface area contributed by atoms with Crippen LogP contribution >= 0.6 is 0 Å². The van der Waals surface area contributed by atoms with Crippen molar-refractivity contribution in [3.8, 4) is 17.3 Å². The lowest BCUT2D eigenvalue weighted by Gasteiger charge is -2.24. The van der Waals surface area contributed by atoms with Gasteiger partial charge in [0.1, 0.15) is 11.9 Å². The van der Waals surface area contributed by atoms with Gasteiger partial charge < -0.3 is 14.0 Å². The van der Waals surface area contributed by atoms with E-state index < -0.39 is 0 Å².